The normalized spacial score (nSPS) is 14.7. The lowest BCUT2D eigenvalue weighted by atomic mass is 10.2. The van der Waals surface area contributed by atoms with Gasteiger partial charge < -0.3 is 10.6 Å². The van der Waals surface area contributed by atoms with Crippen LogP contribution in [-0.2, 0) is 0 Å². The van der Waals surface area contributed by atoms with Crippen LogP contribution in [0.25, 0.3) is 0 Å². The van der Waals surface area contributed by atoms with E-state index in [4.69, 9.17) is 0 Å². The van der Waals surface area contributed by atoms with E-state index in [2.05, 4.69) is 31.5 Å². The first-order valence-corrected chi connectivity index (χ1v) is 8.71. The third-order valence-corrected chi connectivity index (χ3v) is 4.66. The smallest absolute Gasteiger partial charge is 0.257 e. The van der Waals surface area contributed by atoms with Gasteiger partial charge in [0.05, 0.1) is 5.56 Å². The summed E-state index contributed by atoms with van der Waals surface area (Å²) in [6.45, 7) is 1.97. The van der Waals surface area contributed by atoms with Crippen molar-refractivity contribution in [2.24, 2.45) is 0 Å². The minimum Gasteiger partial charge on any atom is -0.367 e. The molecule has 1 aromatic carbocycles. The number of pyridine rings is 1. The maximum atomic E-state index is 12.3. The number of amides is 1. The number of nitrogens with zero attached hydrogens (tertiary/aromatic N) is 1. The molecule has 120 valence electrons. The molecule has 0 aliphatic heterocycles. The van der Waals surface area contributed by atoms with E-state index < -0.39 is 0 Å². The zero-order chi connectivity index (χ0) is 16.2. The first kappa shape index (κ1) is 16.0. The quantitative estimate of drug-likeness (QED) is 0.811. The lowest BCUT2D eigenvalue weighted by Gasteiger charge is -2.13. The molecular weight excluding hydrogens is 354 g/mol. The van der Waals surface area contributed by atoms with Crippen molar-refractivity contribution in [2.75, 3.05) is 10.6 Å². The zero-order valence-corrected chi connectivity index (χ0v) is 14.7. The number of aryl methyl sites for hydroxylation is 1. The molecule has 1 aromatic heterocycles. The van der Waals surface area contributed by atoms with Gasteiger partial charge in [-0.25, -0.2) is 4.98 Å². The second kappa shape index (κ2) is 7.13. The molecule has 1 aliphatic rings. The van der Waals surface area contributed by atoms with Crippen molar-refractivity contribution < 1.29 is 4.79 Å². The molecule has 1 fully saturated rings. The summed E-state index contributed by atoms with van der Waals surface area (Å²) in [5, 5.41) is 6.35. The van der Waals surface area contributed by atoms with E-state index in [1.54, 1.807) is 6.20 Å². The fraction of sp³-hybridized carbons (Fsp3) is 0.333. The molecule has 1 saturated carbocycles. The standard InChI is InChI=1S/C18H20BrN3O/c1-12-10-14(19)7-8-16(12)22-18(23)13-6-9-17(20-11-13)21-15-4-2-3-5-15/h6-11,15H,2-5H2,1H3,(H,20,21)(H,22,23). The Kier molecular flexibility index (Phi) is 4.96. The van der Waals surface area contributed by atoms with Gasteiger partial charge in [0.25, 0.3) is 5.91 Å². The summed E-state index contributed by atoms with van der Waals surface area (Å²) in [5.41, 5.74) is 2.39. The van der Waals surface area contributed by atoms with Crippen molar-refractivity contribution in [3.8, 4) is 0 Å². The van der Waals surface area contributed by atoms with Crippen molar-refractivity contribution >= 4 is 33.3 Å². The van der Waals surface area contributed by atoms with E-state index in [1.807, 2.05) is 37.3 Å². The van der Waals surface area contributed by atoms with Crippen LogP contribution in [0.1, 0.15) is 41.6 Å². The van der Waals surface area contributed by atoms with Crippen LogP contribution >= 0.6 is 15.9 Å². The minimum atomic E-state index is -0.143. The van der Waals surface area contributed by atoms with Gasteiger partial charge in [0.1, 0.15) is 5.82 Å². The van der Waals surface area contributed by atoms with Gasteiger partial charge in [-0.3, -0.25) is 4.79 Å². The molecule has 1 amide bonds. The summed E-state index contributed by atoms with van der Waals surface area (Å²) in [6.07, 6.45) is 6.59. The number of carbonyl (C=O) groups is 1. The summed E-state index contributed by atoms with van der Waals surface area (Å²) in [4.78, 5) is 16.7. The van der Waals surface area contributed by atoms with Crippen LogP contribution in [0.15, 0.2) is 41.0 Å². The molecule has 3 rings (SSSR count). The van der Waals surface area contributed by atoms with E-state index in [0.29, 0.717) is 11.6 Å². The Morgan fingerprint density at radius 3 is 2.65 bits per heavy atom. The van der Waals surface area contributed by atoms with Crippen LogP contribution in [0.4, 0.5) is 11.5 Å². The Morgan fingerprint density at radius 1 is 1.22 bits per heavy atom. The van der Waals surface area contributed by atoms with Crippen LogP contribution in [-0.4, -0.2) is 16.9 Å². The predicted molar refractivity (Wildman–Crippen MR) is 96.9 cm³/mol. The second-order valence-electron chi connectivity index (χ2n) is 5.97. The number of anilines is 2. The van der Waals surface area contributed by atoms with Gasteiger partial charge >= 0.3 is 0 Å². The lowest BCUT2D eigenvalue weighted by molar-refractivity contribution is 0.102. The van der Waals surface area contributed by atoms with Gasteiger partial charge in [0.2, 0.25) is 0 Å². The molecule has 23 heavy (non-hydrogen) atoms. The molecule has 5 heteroatoms. The fourth-order valence-electron chi connectivity index (χ4n) is 2.85. The molecule has 2 aromatic rings. The van der Waals surface area contributed by atoms with Gasteiger partial charge in [-0.1, -0.05) is 28.8 Å². The Morgan fingerprint density at radius 2 is 2.00 bits per heavy atom. The minimum absolute atomic E-state index is 0.143. The Balaban J connectivity index is 1.65. The van der Waals surface area contributed by atoms with E-state index >= 15 is 0 Å². The topological polar surface area (TPSA) is 54.0 Å². The molecule has 2 N–H and O–H groups in total. The fourth-order valence-corrected chi connectivity index (χ4v) is 3.33. The summed E-state index contributed by atoms with van der Waals surface area (Å²) in [6, 6.07) is 9.99. The molecule has 1 heterocycles. The highest BCUT2D eigenvalue weighted by Crippen LogP contribution is 2.22. The monoisotopic (exact) mass is 373 g/mol. The summed E-state index contributed by atoms with van der Waals surface area (Å²) >= 11 is 3.42. The highest BCUT2D eigenvalue weighted by Gasteiger charge is 2.15. The predicted octanol–water partition coefficient (Wildman–Crippen LogP) is 4.76. The second-order valence-corrected chi connectivity index (χ2v) is 6.89. The van der Waals surface area contributed by atoms with E-state index in [9.17, 15) is 4.79 Å². The van der Waals surface area contributed by atoms with Gasteiger partial charge in [-0.15, -0.1) is 0 Å². The largest absolute Gasteiger partial charge is 0.367 e. The van der Waals surface area contributed by atoms with Crippen LogP contribution in [0.2, 0.25) is 0 Å². The van der Waals surface area contributed by atoms with E-state index in [-0.39, 0.29) is 5.91 Å². The zero-order valence-electron chi connectivity index (χ0n) is 13.1. The highest BCUT2D eigenvalue weighted by atomic mass is 79.9. The number of rotatable bonds is 4. The Bertz CT molecular complexity index is 694. The van der Waals surface area contributed by atoms with Crippen molar-refractivity contribution in [1.29, 1.82) is 0 Å². The number of halogens is 1. The van der Waals surface area contributed by atoms with Crippen LogP contribution < -0.4 is 10.6 Å². The molecule has 0 bridgehead atoms. The SMILES string of the molecule is Cc1cc(Br)ccc1NC(=O)c1ccc(NC2CCCC2)nc1. The third-order valence-electron chi connectivity index (χ3n) is 4.17. The number of carbonyl (C=O) groups excluding carboxylic acids is 1. The Hall–Kier alpha value is -1.88. The summed E-state index contributed by atoms with van der Waals surface area (Å²) < 4.78 is 0.997. The summed E-state index contributed by atoms with van der Waals surface area (Å²) in [7, 11) is 0. The van der Waals surface area contributed by atoms with Crippen LogP contribution in [0, 0.1) is 6.92 Å². The number of aromatic nitrogens is 1. The molecule has 0 radical (unpaired) electrons. The molecule has 0 spiro atoms. The lowest BCUT2D eigenvalue weighted by Crippen LogP contribution is -2.16. The molecule has 0 saturated heterocycles. The van der Waals surface area contributed by atoms with Crippen molar-refractivity contribution in [3.05, 3.63) is 52.1 Å². The van der Waals surface area contributed by atoms with Gasteiger partial charge in [-0.05, 0) is 55.7 Å². The van der Waals surface area contributed by atoms with Crippen molar-refractivity contribution in [3.63, 3.8) is 0 Å². The van der Waals surface area contributed by atoms with Crippen LogP contribution in [0.5, 0.6) is 0 Å². The number of hydrogen-bond acceptors (Lipinski definition) is 3. The van der Waals surface area contributed by atoms with Crippen molar-refractivity contribution in [2.45, 2.75) is 38.6 Å². The maximum Gasteiger partial charge on any atom is 0.257 e. The Labute approximate surface area is 144 Å². The van der Waals surface area contributed by atoms with Crippen molar-refractivity contribution in [1.82, 2.24) is 4.98 Å². The van der Waals surface area contributed by atoms with Crippen LogP contribution in [0.3, 0.4) is 0 Å². The van der Waals surface area contributed by atoms with Gasteiger partial charge in [0.15, 0.2) is 0 Å². The average molecular weight is 374 g/mol. The summed E-state index contributed by atoms with van der Waals surface area (Å²) in [5.74, 6) is 0.698. The number of hydrogen-bond donors (Lipinski definition) is 2. The molecular formula is C18H20BrN3O. The third kappa shape index (κ3) is 4.10. The number of benzene rings is 1. The average Bonchev–Trinajstić information content (AvgIpc) is 3.04. The highest BCUT2D eigenvalue weighted by molar-refractivity contribution is 9.10. The van der Waals surface area contributed by atoms with E-state index in [1.165, 1.54) is 25.7 Å². The molecule has 0 atom stereocenters. The molecule has 0 unspecified atom stereocenters. The maximum absolute atomic E-state index is 12.3. The van der Waals surface area contributed by atoms with E-state index in [0.717, 1.165) is 21.5 Å². The van der Waals surface area contributed by atoms with Gasteiger partial charge in [0, 0.05) is 22.4 Å². The molecule has 4 nitrogen and oxygen atoms in total. The van der Waals surface area contributed by atoms with Gasteiger partial charge in [-0.2, -0.15) is 0 Å². The molecule has 1 aliphatic carbocycles. The first-order chi connectivity index (χ1) is 11.1. The number of nitrogens with one attached hydrogen (secondary N) is 2. The first-order valence-electron chi connectivity index (χ1n) is 7.92.